The Morgan fingerprint density at radius 3 is 3.13 bits per heavy atom. The molecule has 0 aliphatic heterocycles. The monoisotopic (exact) mass is 314 g/mol. The van der Waals surface area contributed by atoms with Crippen molar-refractivity contribution in [3.8, 4) is 5.88 Å². The predicted molar refractivity (Wildman–Crippen MR) is 86.5 cm³/mol. The molecule has 3 rings (SSSR count). The summed E-state index contributed by atoms with van der Waals surface area (Å²) >= 11 is 0. The van der Waals surface area contributed by atoms with Crippen LogP contribution in [0.15, 0.2) is 29.3 Å². The van der Waals surface area contributed by atoms with Gasteiger partial charge in [0, 0.05) is 18.8 Å². The number of nitrogens with one attached hydrogen (secondary N) is 3. The molecule has 0 unspecified atom stereocenters. The van der Waals surface area contributed by atoms with Crippen LogP contribution in [0.1, 0.15) is 25.8 Å². The van der Waals surface area contributed by atoms with Gasteiger partial charge in [0.05, 0.1) is 12.3 Å². The summed E-state index contributed by atoms with van der Waals surface area (Å²) in [6, 6.07) is 3.75. The van der Waals surface area contributed by atoms with E-state index in [1.807, 2.05) is 19.1 Å². The molecule has 0 aromatic carbocycles. The molecular weight excluding hydrogens is 296 g/mol. The van der Waals surface area contributed by atoms with E-state index in [0.717, 1.165) is 12.0 Å². The van der Waals surface area contributed by atoms with Gasteiger partial charge in [-0.2, -0.15) is 10.1 Å². The van der Waals surface area contributed by atoms with E-state index >= 15 is 0 Å². The Morgan fingerprint density at radius 2 is 2.30 bits per heavy atom. The number of ether oxygens (including phenoxy) is 1. The van der Waals surface area contributed by atoms with Gasteiger partial charge < -0.3 is 10.1 Å². The van der Waals surface area contributed by atoms with Gasteiger partial charge in [-0.1, -0.05) is 6.92 Å². The standard InChI is InChI=1S/C15H18N6O2/c1-3-9(2)23-12-6-10(4-5-16-12)7-17-15-19-13-11(8-18-21-13)14(22)20-15/h4-6,8-9H,3,7H2,1-2H3,(H3,17,18,19,20,21,22)/t9-/m0/s1. The van der Waals surface area contributed by atoms with Crippen molar-refractivity contribution < 1.29 is 4.74 Å². The van der Waals surface area contributed by atoms with E-state index in [9.17, 15) is 4.79 Å². The SMILES string of the molecule is CC[C@H](C)Oc1cc(CNc2nc3[nH]ncc3c(=O)[nH]2)ccn1. The number of hydrogen-bond donors (Lipinski definition) is 3. The fourth-order valence-electron chi connectivity index (χ4n) is 2.03. The van der Waals surface area contributed by atoms with E-state index in [2.05, 4.69) is 37.4 Å². The maximum atomic E-state index is 11.9. The van der Waals surface area contributed by atoms with E-state index in [-0.39, 0.29) is 11.7 Å². The van der Waals surface area contributed by atoms with E-state index in [4.69, 9.17) is 4.74 Å². The maximum absolute atomic E-state index is 11.9. The fourth-order valence-corrected chi connectivity index (χ4v) is 2.03. The topological polar surface area (TPSA) is 109 Å². The van der Waals surface area contributed by atoms with Crippen LogP contribution in [0.2, 0.25) is 0 Å². The number of anilines is 1. The molecule has 8 nitrogen and oxygen atoms in total. The second-order valence-electron chi connectivity index (χ2n) is 5.24. The molecule has 0 bridgehead atoms. The third-order valence-corrected chi connectivity index (χ3v) is 3.48. The fraction of sp³-hybridized carbons (Fsp3) is 0.333. The van der Waals surface area contributed by atoms with E-state index in [1.54, 1.807) is 6.20 Å². The molecule has 8 heteroatoms. The van der Waals surface area contributed by atoms with Crippen LogP contribution in [0, 0.1) is 0 Å². The molecule has 3 aromatic heterocycles. The lowest BCUT2D eigenvalue weighted by Crippen LogP contribution is -2.13. The summed E-state index contributed by atoms with van der Waals surface area (Å²) in [4.78, 5) is 23.0. The molecule has 1 atom stereocenters. The number of aromatic nitrogens is 5. The van der Waals surface area contributed by atoms with E-state index in [0.29, 0.717) is 29.4 Å². The normalized spacial score (nSPS) is 12.3. The van der Waals surface area contributed by atoms with Crippen LogP contribution in [-0.2, 0) is 6.54 Å². The molecule has 23 heavy (non-hydrogen) atoms. The van der Waals surface area contributed by atoms with Gasteiger partial charge >= 0.3 is 0 Å². The van der Waals surface area contributed by atoms with Crippen molar-refractivity contribution in [2.45, 2.75) is 32.9 Å². The van der Waals surface area contributed by atoms with Crippen molar-refractivity contribution in [2.75, 3.05) is 5.32 Å². The smallest absolute Gasteiger partial charge is 0.263 e. The van der Waals surface area contributed by atoms with Crippen LogP contribution in [0.4, 0.5) is 5.95 Å². The Bertz CT molecular complexity index is 856. The number of H-pyrrole nitrogens is 2. The first kappa shape index (κ1) is 15.0. The van der Waals surface area contributed by atoms with Crippen molar-refractivity contribution in [3.05, 3.63) is 40.4 Å². The lowest BCUT2D eigenvalue weighted by molar-refractivity contribution is 0.208. The van der Waals surface area contributed by atoms with Gasteiger partial charge in [0.1, 0.15) is 5.39 Å². The van der Waals surface area contributed by atoms with Crippen molar-refractivity contribution in [3.63, 3.8) is 0 Å². The minimum Gasteiger partial charge on any atom is -0.475 e. The van der Waals surface area contributed by atoms with Crippen LogP contribution >= 0.6 is 0 Å². The Hall–Kier alpha value is -2.90. The Labute approximate surface area is 132 Å². The molecule has 0 radical (unpaired) electrons. The minimum absolute atomic E-state index is 0.117. The summed E-state index contributed by atoms with van der Waals surface area (Å²) in [6.45, 7) is 4.55. The quantitative estimate of drug-likeness (QED) is 0.640. The van der Waals surface area contributed by atoms with E-state index in [1.165, 1.54) is 6.20 Å². The molecule has 0 aliphatic rings. The number of rotatable bonds is 6. The molecule has 0 spiro atoms. The molecule has 3 heterocycles. The number of aromatic amines is 2. The van der Waals surface area contributed by atoms with Gasteiger partial charge in [0.15, 0.2) is 5.65 Å². The summed E-state index contributed by atoms with van der Waals surface area (Å²) in [5.74, 6) is 0.970. The van der Waals surface area contributed by atoms with Crippen molar-refractivity contribution in [1.82, 2.24) is 25.1 Å². The van der Waals surface area contributed by atoms with Crippen LogP contribution in [0.25, 0.3) is 11.0 Å². The average molecular weight is 314 g/mol. The van der Waals surface area contributed by atoms with Gasteiger partial charge in [-0.3, -0.25) is 14.9 Å². The zero-order valence-electron chi connectivity index (χ0n) is 13.0. The lowest BCUT2D eigenvalue weighted by atomic mass is 10.2. The van der Waals surface area contributed by atoms with Gasteiger partial charge in [0.2, 0.25) is 11.8 Å². The largest absolute Gasteiger partial charge is 0.475 e. The van der Waals surface area contributed by atoms with Crippen LogP contribution in [0.5, 0.6) is 5.88 Å². The predicted octanol–water partition coefficient (Wildman–Crippen LogP) is 1.83. The van der Waals surface area contributed by atoms with Gasteiger partial charge in [-0.15, -0.1) is 0 Å². The van der Waals surface area contributed by atoms with Gasteiger partial charge in [-0.25, -0.2) is 4.98 Å². The molecule has 0 amide bonds. The van der Waals surface area contributed by atoms with Crippen molar-refractivity contribution in [1.29, 1.82) is 0 Å². The second kappa shape index (κ2) is 6.47. The number of nitrogens with zero attached hydrogens (tertiary/aromatic N) is 3. The first-order valence-electron chi connectivity index (χ1n) is 7.44. The number of pyridine rings is 1. The van der Waals surface area contributed by atoms with Crippen LogP contribution in [0.3, 0.4) is 0 Å². The third kappa shape index (κ3) is 3.47. The zero-order chi connectivity index (χ0) is 16.2. The summed E-state index contributed by atoms with van der Waals surface area (Å²) < 4.78 is 5.70. The molecule has 120 valence electrons. The molecule has 0 aliphatic carbocycles. The summed E-state index contributed by atoms with van der Waals surface area (Å²) in [7, 11) is 0. The highest BCUT2D eigenvalue weighted by Crippen LogP contribution is 2.13. The highest BCUT2D eigenvalue weighted by molar-refractivity contribution is 5.73. The number of hydrogen-bond acceptors (Lipinski definition) is 6. The molecule has 0 saturated carbocycles. The highest BCUT2D eigenvalue weighted by atomic mass is 16.5. The molecule has 3 N–H and O–H groups in total. The lowest BCUT2D eigenvalue weighted by Gasteiger charge is -2.12. The number of fused-ring (bicyclic) bond motifs is 1. The summed E-state index contributed by atoms with van der Waals surface area (Å²) in [5.41, 5.74) is 1.19. The highest BCUT2D eigenvalue weighted by Gasteiger charge is 2.06. The molecule has 0 saturated heterocycles. The summed E-state index contributed by atoms with van der Waals surface area (Å²) in [6.07, 6.45) is 4.18. The Morgan fingerprint density at radius 1 is 1.43 bits per heavy atom. The van der Waals surface area contributed by atoms with Crippen LogP contribution < -0.4 is 15.6 Å². The second-order valence-corrected chi connectivity index (χ2v) is 5.24. The molecule has 0 fully saturated rings. The van der Waals surface area contributed by atoms with Gasteiger partial charge in [-0.05, 0) is 25.0 Å². The molecule has 3 aromatic rings. The summed E-state index contributed by atoms with van der Waals surface area (Å²) in [5, 5.41) is 10.0. The minimum atomic E-state index is -0.234. The Kier molecular flexibility index (Phi) is 4.22. The van der Waals surface area contributed by atoms with Crippen LogP contribution in [-0.4, -0.2) is 31.3 Å². The maximum Gasteiger partial charge on any atom is 0.263 e. The van der Waals surface area contributed by atoms with Crippen molar-refractivity contribution in [2.24, 2.45) is 0 Å². The first-order valence-corrected chi connectivity index (χ1v) is 7.44. The van der Waals surface area contributed by atoms with Gasteiger partial charge in [0.25, 0.3) is 5.56 Å². The zero-order valence-corrected chi connectivity index (χ0v) is 13.0. The van der Waals surface area contributed by atoms with E-state index < -0.39 is 0 Å². The third-order valence-electron chi connectivity index (χ3n) is 3.48. The Balaban J connectivity index is 1.72. The first-order chi connectivity index (χ1) is 11.2. The van der Waals surface area contributed by atoms with Crippen molar-refractivity contribution >= 4 is 17.0 Å². The molecular formula is C15H18N6O2. The average Bonchev–Trinajstić information content (AvgIpc) is 3.02.